The second-order valence-electron chi connectivity index (χ2n) is 5.85. The van der Waals surface area contributed by atoms with Crippen LogP contribution in [0.3, 0.4) is 0 Å². The van der Waals surface area contributed by atoms with Gasteiger partial charge < -0.3 is 14.8 Å². The Morgan fingerprint density at radius 2 is 2.08 bits per heavy atom. The molecule has 2 aromatic heterocycles. The van der Waals surface area contributed by atoms with Gasteiger partial charge in [0.2, 0.25) is 0 Å². The Morgan fingerprint density at radius 1 is 1.12 bits per heavy atom. The van der Waals surface area contributed by atoms with E-state index < -0.39 is 0 Å². The zero-order valence-corrected chi connectivity index (χ0v) is 13.2. The maximum absolute atomic E-state index is 12.8. The number of hydrogen-bond acceptors (Lipinski definition) is 5. The summed E-state index contributed by atoms with van der Waals surface area (Å²) in [6.45, 7) is 3.06. The fraction of sp³-hybridized carbons (Fsp3) is 0.294. The number of carbonyl (C=O) groups excluding carboxylic acids is 1. The van der Waals surface area contributed by atoms with Gasteiger partial charge in [0.1, 0.15) is 0 Å². The molecule has 1 amide bonds. The summed E-state index contributed by atoms with van der Waals surface area (Å²) >= 11 is 0. The fourth-order valence-corrected chi connectivity index (χ4v) is 3.06. The van der Waals surface area contributed by atoms with E-state index >= 15 is 0 Å². The van der Waals surface area contributed by atoms with Gasteiger partial charge in [-0.3, -0.25) is 4.79 Å². The monoisotopic (exact) mass is 322 g/mol. The molecule has 0 bridgehead atoms. The Bertz CT molecular complexity index is 846. The lowest BCUT2D eigenvalue weighted by Gasteiger charge is -2.22. The fourth-order valence-electron chi connectivity index (χ4n) is 3.06. The summed E-state index contributed by atoms with van der Waals surface area (Å²) in [5.74, 6) is 0.929. The number of H-pyrrole nitrogens is 1. The topological polar surface area (TPSA) is 78.0 Å². The van der Waals surface area contributed by atoms with Crippen LogP contribution in [0.4, 0.5) is 5.82 Å². The summed E-state index contributed by atoms with van der Waals surface area (Å²) in [7, 11) is 0. The molecule has 24 heavy (non-hydrogen) atoms. The summed E-state index contributed by atoms with van der Waals surface area (Å²) in [4.78, 5) is 24.1. The van der Waals surface area contributed by atoms with Crippen LogP contribution in [0.5, 0.6) is 0 Å². The molecular weight excluding hydrogens is 304 g/mol. The number of nitrogens with one attached hydrogen (secondary N) is 1. The summed E-state index contributed by atoms with van der Waals surface area (Å²) in [5.41, 5.74) is 2.45. The number of imidazole rings is 1. The molecule has 0 radical (unpaired) electrons. The van der Waals surface area contributed by atoms with Crippen molar-refractivity contribution in [2.24, 2.45) is 0 Å². The molecule has 7 nitrogen and oxygen atoms in total. The third-order valence-corrected chi connectivity index (χ3v) is 4.33. The van der Waals surface area contributed by atoms with E-state index in [-0.39, 0.29) is 5.91 Å². The molecule has 7 heteroatoms. The van der Waals surface area contributed by atoms with Crippen molar-refractivity contribution in [2.75, 3.05) is 31.1 Å². The van der Waals surface area contributed by atoms with Crippen molar-refractivity contribution in [2.45, 2.75) is 6.42 Å². The molecule has 122 valence electrons. The van der Waals surface area contributed by atoms with Gasteiger partial charge in [-0.1, -0.05) is 0 Å². The van der Waals surface area contributed by atoms with E-state index in [0.717, 1.165) is 42.9 Å². The molecule has 0 saturated carbocycles. The normalized spacial score (nSPS) is 15.5. The standard InChI is InChI=1S/C17H18N6O/c24-17(13-4-5-14-15(11-13)19-12-18-14)23-8-2-7-22(9-10-23)16-3-1-6-20-21-16/h1,3-6,11-12H,2,7-10H2,(H,18,19). The smallest absolute Gasteiger partial charge is 0.253 e. The number of rotatable bonds is 2. The largest absolute Gasteiger partial charge is 0.353 e. The van der Waals surface area contributed by atoms with E-state index in [1.807, 2.05) is 35.2 Å². The second-order valence-corrected chi connectivity index (χ2v) is 5.85. The minimum atomic E-state index is 0.0625. The molecule has 0 atom stereocenters. The number of fused-ring (bicyclic) bond motifs is 1. The van der Waals surface area contributed by atoms with Crippen molar-refractivity contribution in [1.29, 1.82) is 0 Å². The first-order valence-corrected chi connectivity index (χ1v) is 8.06. The van der Waals surface area contributed by atoms with Crippen LogP contribution in [0.1, 0.15) is 16.8 Å². The van der Waals surface area contributed by atoms with Crippen molar-refractivity contribution in [3.8, 4) is 0 Å². The van der Waals surface area contributed by atoms with E-state index in [2.05, 4.69) is 25.1 Å². The molecule has 1 aromatic carbocycles. The average molecular weight is 322 g/mol. The predicted octanol–water partition coefficient (Wildman–Crippen LogP) is 1.71. The number of aromatic amines is 1. The van der Waals surface area contributed by atoms with Crippen molar-refractivity contribution in [3.63, 3.8) is 0 Å². The molecule has 0 spiro atoms. The van der Waals surface area contributed by atoms with Gasteiger partial charge in [0.15, 0.2) is 5.82 Å². The van der Waals surface area contributed by atoms with Gasteiger partial charge in [-0.15, -0.1) is 5.10 Å². The number of carbonyl (C=O) groups is 1. The minimum absolute atomic E-state index is 0.0625. The van der Waals surface area contributed by atoms with Gasteiger partial charge >= 0.3 is 0 Å². The number of anilines is 1. The van der Waals surface area contributed by atoms with Crippen LogP contribution < -0.4 is 4.90 Å². The molecular formula is C17H18N6O. The van der Waals surface area contributed by atoms with Crippen LogP contribution in [-0.4, -0.2) is 57.2 Å². The van der Waals surface area contributed by atoms with Crippen molar-refractivity contribution >= 4 is 22.8 Å². The average Bonchev–Trinajstić information content (AvgIpc) is 2.96. The summed E-state index contributed by atoms with van der Waals surface area (Å²) < 4.78 is 0. The van der Waals surface area contributed by atoms with Crippen LogP contribution >= 0.6 is 0 Å². The SMILES string of the molecule is O=C(c1ccc2nc[nH]c2c1)N1CCCN(c2cccnn2)CC1. The Hall–Kier alpha value is -2.96. The first-order valence-electron chi connectivity index (χ1n) is 8.06. The van der Waals surface area contributed by atoms with Crippen molar-refractivity contribution < 1.29 is 4.79 Å². The maximum atomic E-state index is 12.8. The first kappa shape index (κ1) is 14.6. The highest BCUT2D eigenvalue weighted by Gasteiger charge is 2.21. The van der Waals surface area contributed by atoms with Crippen LogP contribution in [-0.2, 0) is 0 Å². The van der Waals surface area contributed by atoms with Gasteiger partial charge in [-0.2, -0.15) is 5.10 Å². The summed E-state index contributed by atoms with van der Waals surface area (Å²) in [5, 5.41) is 8.10. The van der Waals surface area contributed by atoms with E-state index in [4.69, 9.17) is 0 Å². The van der Waals surface area contributed by atoms with E-state index in [1.54, 1.807) is 12.5 Å². The third-order valence-electron chi connectivity index (χ3n) is 4.33. The zero-order chi connectivity index (χ0) is 16.4. The number of nitrogens with zero attached hydrogens (tertiary/aromatic N) is 5. The van der Waals surface area contributed by atoms with Gasteiger partial charge in [-0.05, 0) is 36.8 Å². The van der Waals surface area contributed by atoms with Crippen LogP contribution in [0, 0.1) is 0 Å². The van der Waals surface area contributed by atoms with Crippen LogP contribution in [0.2, 0.25) is 0 Å². The Labute approximate surface area is 139 Å². The molecule has 0 unspecified atom stereocenters. The molecule has 1 N–H and O–H groups in total. The van der Waals surface area contributed by atoms with E-state index in [0.29, 0.717) is 12.1 Å². The van der Waals surface area contributed by atoms with Crippen molar-refractivity contribution in [1.82, 2.24) is 25.1 Å². The number of hydrogen-bond donors (Lipinski definition) is 1. The minimum Gasteiger partial charge on any atom is -0.353 e. The van der Waals surface area contributed by atoms with Gasteiger partial charge in [-0.25, -0.2) is 4.98 Å². The van der Waals surface area contributed by atoms with Crippen LogP contribution in [0.25, 0.3) is 11.0 Å². The Morgan fingerprint density at radius 3 is 2.96 bits per heavy atom. The quantitative estimate of drug-likeness (QED) is 0.777. The highest BCUT2D eigenvalue weighted by atomic mass is 16.2. The molecule has 1 aliphatic heterocycles. The Kier molecular flexibility index (Phi) is 3.82. The molecule has 1 saturated heterocycles. The van der Waals surface area contributed by atoms with Crippen molar-refractivity contribution in [3.05, 3.63) is 48.4 Å². The molecule has 1 aliphatic rings. The predicted molar refractivity (Wildman–Crippen MR) is 90.9 cm³/mol. The lowest BCUT2D eigenvalue weighted by molar-refractivity contribution is 0.0767. The van der Waals surface area contributed by atoms with E-state index in [9.17, 15) is 4.79 Å². The lowest BCUT2D eigenvalue weighted by atomic mass is 10.1. The molecule has 4 rings (SSSR count). The zero-order valence-electron chi connectivity index (χ0n) is 13.2. The molecule has 0 aliphatic carbocycles. The maximum Gasteiger partial charge on any atom is 0.253 e. The molecule has 3 heterocycles. The van der Waals surface area contributed by atoms with Crippen LogP contribution in [0.15, 0.2) is 42.9 Å². The molecule has 3 aromatic rings. The lowest BCUT2D eigenvalue weighted by Crippen LogP contribution is -2.35. The van der Waals surface area contributed by atoms with Gasteiger partial charge in [0.05, 0.1) is 17.4 Å². The number of aromatic nitrogens is 4. The van der Waals surface area contributed by atoms with Gasteiger partial charge in [0, 0.05) is 37.9 Å². The summed E-state index contributed by atoms with van der Waals surface area (Å²) in [6, 6.07) is 9.43. The number of amides is 1. The highest BCUT2D eigenvalue weighted by Crippen LogP contribution is 2.16. The number of benzene rings is 1. The van der Waals surface area contributed by atoms with E-state index in [1.165, 1.54) is 0 Å². The summed E-state index contributed by atoms with van der Waals surface area (Å²) in [6.07, 6.45) is 4.22. The highest BCUT2D eigenvalue weighted by molar-refractivity contribution is 5.97. The third kappa shape index (κ3) is 2.80. The first-order chi connectivity index (χ1) is 11.8. The second kappa shape index (κ2) is 6.27. The molecule has 1 fully saturated rings. The van der Waals surface area contributed by atoms with Gasteiger partial charge in [0.25, 0.3) is 5.91 Å². The Balaban J connectivity index is 1.49.